The van der Waals surface area contributed by atoms with Crippen LogP contribution < -0.4 is 10.9 Å². The lowest BCUT2D eigenvalue weighted by molar-refractivity contribution is -0.126. The Balaban J connectivity index is 1.84. The Morgan fingerprint density at radius 1 is 1.55 bits per heavy atom. The smallest absolute Gasteiger partial charge is 0.255 e. The van der Waals surface area contributed by atoms with E-state index in [1.54, 1.807) is 18.2 Å². The summed E-state index contributed by atoms with van der Waals surface area (Å²) in [6.45, 7) is 3.22. The van der Waals surface area contributed by atoms with Crippen LogP contribution in [0.3, 0.4) is 0 Å². The zero-order valence-corrected chi connectivity index (χ0v) is 12.2. The molecule has 2 unspecified atom stereocenters. The topological polar surface area (TPSA) is 64.6 Å². The molecule has 0 bridgehead atoms. The molecular weight excluding hydrogens is 278 g/mol. The van der Waals surface area contributed by atoms with E-state index < -0.39 is 0 Å². The van der Waals surface area contributed by atoms with Gasteiger partial charge in [0.25, 0.3) is 5.91 Å². The van der Waals surface area contributed by atoms with Crippen molar-refractivity contribution < 1.29 is 9.90 Å². The number of likely N-dealkylation sites (tertiary alicyclic amines) is 1. The Morgan fingerprint density at radius 2 is 2.35 bits per heavy atom. The number of rotatable bonds is 4. The maximum Gasteiger partial charge on any atom is 0.255 e. The largest absolute Gasteiger partial charge is 0.392 e. The van der Waals surface area contributed by atoms with Gasteiger partial charge in [-0.05, 0) is 44.5 Å². The first-order valence-corrected chi connectivity index (χ1v) is 7.17. The molecule has 1 aromatic carbocycles. The molecule has 0 aliphatic carbocycles. The van der Waals surface area contributed by atoms with Crippen molar-refractivity contribution in [2.24, 2.45) is 0 Å². The number of aliphatic hydroxyl groups is 1. The van der Waals surface area contributed by atoms with Gasteiger partial charge in [-0.15, -0.1) is 0 Å². The van der Waals surface area contributed by atoms with E-state index in [-0.39, 0.29) is 18.1 Å². The van der Waals surface area contributed by atoms with Crippen LogP contribution in [-0.2, 0) is 4.79 Å². The first-order valence-electron chi connectivity index (χ1n) is 6.80. The van der Waals surface area contributed by atoms with E-state index >= 15 is 0 Å². The van der Waals surface area contributed by atoms with Gasteiger partial charge in [-0.25, -0.2) is 0 Å². The normalized spacial score (nSPS) is 21.2. The molecule has 6 heteroatoms. The molecule has 1 aromatic rings. The highest BCUT2D eigenvalue weighted by atomic mass is 35.5. The summed E-state index contributed by atoms with van der Waals surface area (Å²) < 4.78 is 0. The highest BCUT2D eigenvalue weighted by Gasteiger charge is 2.26. The number of β-amino-alcohol motifs (C(OH)–C–C–N with tert-alkyl or cyclic N) is 1. The van der Waals surface area contributed by atoms with Gasteiger partial charge in [0.2, 0.25) is 0 Å². The number of halogens is 1. The van der Waals surface area contributed by atoms with Crippen molar-refractivity contribution in [1.82, 2.24) is 10.3 Å². The van der Waals surface area contributed by atoms with Crippen LogP contribution in [0.1, 0.15) is 19.8 Å². The summed E-state index contributed by atoms with van der Waals surface area (Å²) in [5.41, 5.74) is 6.24. The quantitative estimate of drug-likeness (QED) is 0.739. The summed E-state index contributed by atoms with van der Waals surface area (Å²) in [4.78, 5) is 14.1. The summed E-state index contributed by atoms with van der Waals surface area (Å²) in [6.07, 6.45) is 1.39. The van der Waals surface area contributed by atoms with Crippen molar-refractivity contribution in [2.75, 3.05) is 18.5 Å². The molecule has 1 amide bonds. The van der Waals surface area contributed by atoms with E-state index in [0.29, 0.717) is 11.6 Å². The van der Waals surface area contributed by atoms with E-state index in [1.165, 1.54) is 0 Å². The third-order valence-corrected chi connectivity index (χ3v) is 3.74. The SMILES string of the molecule is CC(C(=O)NNc1cccc(Cl)c1)N1CCCC(O)C1. The predicted octanol–water partition coefficient (Wildman–Crippen LogP) is 1.63. The van der Waals surface area contributed by atoms with Crippen molar-refractivity contribution in [3.05, 3.63) is 29.3 Å². The summed E-state index contributed by atoms with van der Waals surface area (Å²) >= 11 is 5.87. The molecule has 1 heterocycles. The number of hydrogen-bond acceptors (Lipinski definition) is 4. The maximum absolute atomic E-state index is 12.1. The molecule has 2 rings (SSSR count). The second-order valence-corrected chi connectivity index (χ2v) is 5.53. The van der Waals surface area contributed by atoms with Crippen LogP contribution in [0.15, 0.2) is 24.3 Å². The standard InChI is InChI=1S/C14H20ClN3O2/c1-10(18-7-3-6-13(19)9-18)14(20)17-16-12-5-2-4-11(15)8-12/h2,4-5,8,10,13,16,19H,3,6-7,9H2,1H3,(H,17,20). The molecule has 1 fully saturated rings. The molecule has 1 saturated heterocycles. The minimum absolute atomic E-state index is 0.126. The van der Waals surface area contributed by atoms with Crippen LogP contribution >= 0.6 is 11.6 Å². The van der Waals surface area contributed by atoms with Crippen molar-refractivity contribution in [2.45, 2.75) is 31.9 Å². The van der Waals surface area contributed by atoms with Gasteiger partial charge in [0.1, 0.15) is 0 Å². The van der Waals surface area contributed by atoms with E-state index in [1.807, 2.05) is 17.9 Å². The lowest BCUT2D eigenvalue weighted by Crippen LogP contribution is -2.51. The van der Waals surface area contributed by atoms with Crippen molar-refractivity contribution in [3.63, 3.8) is 0 Å². The van der Waals surface area contributed by atoms with E-state index in [2.05, 4.69) is 10.9 Å². The average molecular weight is 298 g/mol. The van der Waals surface area contributed by atoms with Gasteiger partial charge in [0.15, 0.2) is 0 Å². The second-order valence-electron chi connectivity index (χ2n) is 5.09. The van der Waals surface area contributed by atoms with E-state index in [0.717, 1.165) is 25.1 Å². The van der Waals surface area contributed by atoms with Crippen LogP contribution in [0, 0.1) is 0 Å². The number of anilines is 1. The molecule has 5 nitrogen and oxygen atoms in total. The number of piperidine rings is 1. The Morgan fingerprint density at radius 3 is 3.05 bits per heavy atom. The summed E-state index contributed by atoms with van der Waals surface area (Å²) in [5.74, 6) is -0.126. The van der Waals surface area contributed by atoms with Crippen LogP contribution in [0.4, 0.5) is 5.69 Å². The number of carbonyl (C=O) groups is 1. The van der Waals surface area contributed by atoms with Gasteiger partial charge in [-0.1, -0.05) is 17.7 Å². The van der Waals surface area contributed by atoms with Crippen LogP contribution in [0.25, 0.3) is 0 Å². The van der Waals surface area contributed by atoms with Crippen LogP contribution in [-0.4, -0.2) is 41.1 Å². The Labute approximate surface area is 123 Å². The molecule has 2 atom stereocenters. The molecule has 0 aromatic heterocycles. The second kappa shape index (κ2) is 6.92. The van der Waals surface area contributed by atoms with Crippen molar-refractivity contribution >= 4 is 23.2 Å². The van der Waals surface area contributed by atoms with Gasteiger partial charge < -0.3 is 5.11 Å². The maximum atomic E-state index is 12.1. The van der Waals surface area contributed by atoms with E-state index in [9.17, 15) is 9.90 Å². The van der Waals surface area contributed by atoms with Crippen molar-refractivity contribution in [3.8, 4) is 0 Å². The zero-order chi connectivity index (χ0) is 14.5. The molecule has 0 saturated carbocycles. The van der Waals surface area contributed by atoms with Gasteiger partial charge in [0.05, 0.1) is 17.8 Å². The third kappa shape index (κ3) is 4.10. The highest BCUT2D eigenvalue weighted by molar-refractivity contribution is 6.30. The number of aliphatic hydroxyl groups excluding tert-OH is 1. The Bertz CT molecular complexity index is 469. The number of benzene rings is 1. The van der Waals surface area contributed by atoms with Crippen LogP contribution in [0.5, 0.6) is 0 Å². The molecule has 3 N–H and O–H groups in total. The van der Waals surface area contributed by atoms with E-state index in [4.69, 9.17) is 11.6 Å². The van der Waals surface area contributed by atoms with Crippen molar-refractivity contribution in [1.29, 1.82) is 0 Å². The monoisotopic (exact) mass is 297 g/mol. The molecule has 0 radical (unpaired) electrons. The first kappa shape index (κ1) is 15.1. The molecule has 20 heavy (non-hydrogen) atoms. The predicted molar refractivity (Wildman–Crippen MR) is 79.5 cm³/mol. The average Bonchev–Trinajstić information content (AvgIpc) is 2.44. The zero-order valence-electron chi connectivity index (χ0n) is 11.5. The molecule has 0 spiro atoms. The lowest BCUT2D eigenvalue weighted by Gasteiger charge is -2.33. The van der Waals surface area contributed by atoms with Gasteiger partial charge in [-0.3, -0.25) is 20.5 Å². The van der Waals surface area contributed by atoms with Gasteiger partial charge >= 0.3 is 0 Å². The Hall–Kier alpha value is -1.30. The molecule has 1 aliphatic rings. The minimum atomic E-state index is -0.333. The number of hydrogen-bond donors (Lipinski definition) is 3. The fourth-order valence-corrected chi connectivity index (χ4v) is 2.50. The summed E-state index contributed by atoms with van der Waals surface area (Å²) in [6, 6.07) is 6.85. The minimum Gasteiger partial charge on any atom is -0.392 e. The third-order valence-electron chi connectivity index (χ3n) is 3.51. The van der Waals surface area contributed by atoms with Gasteiger partial charge in [-0.2, -0.15) is 0 Å². The fraction of sp³-hybridized carbons (Fsp3) is 0.500. The highest BCUT2D eigenvalue weighted by Crippen LogP contribution is 2.15. The molecular formula is C14H20ClN3O2. The number of hydrazine groups is 1. The molecule has 110 valence electrons. The number of carbonyl (C=O) groups excluding carboxylic acids is 1. The van der Waals surface area contributed by atoms with Gasteiger partial charge in [0, 0.05) is 11.6 Å². The fourth-order valence-electron chi connectivity index (χ4n) is 2.31. The first-order chi connectivity index (χ1) is 9.56. The number of nitrogens with zero attached hydrogens (tertiary/aromatic N) is 1. The Kier molecular flexibility index (Phi) is 5.23. The number of amides is 1. The number of nitrogens with one attached hydrogen (secondary N) is 2. The lowest BCUT2D eigenvalue weighted by atomic mass is 10.1. The summed E-state index contributed by atoms with van der Waals surface area (Å²) in [7, 11) is 0. The molecule has 1 aliphatic heterocycles. The van der Waals surface area contributed by atoms with Crippen LogP contribution in [0.2, 0.25) is 5.02 Å². The summed E-state index contributed by atoms with van der Waals surface area (Å²) in [5, 5.41) is 10.3.